The summed E-state index contributed by atoms with van der Waals surface area (Å²) >= 11 is 0. The van der Waals surface area contributed by atoms with Gasteiger partial charge in [-0.3, -0.25) is 0 Å². The maximum absolute atomic E-state index is 10.6. The van der Waals surface area contributed by atoms with Crippen LogP contribution >= 0.6 is 0 Å². The molecule has 1 heterocycles. The highest BCUT2D eigenvalue weighted by Crippen LogP contribution is 2.05. The third-order valence-electron chi connectivity index (χ3n) is 2.70. The normalized spacial score (nSPS) is 12.4. The zero-order chi connectivity index (χ0) is 13.5. The first-order valence-corrected chi connectivity index (χ1v) is 6.12. The van der Waals surface area contributed by atoms with Gasteiger partial charge in [0.1, 0.15) is 5.82 Å². The minimum absolute atomic E-state index is 0.0445. The number of anilines is 1. The van der Waals surface area contributed by atoms with Crippen LogP contribution in [-0.4, -0.2) is 51.8 Å². The van der Waals surface area contributed by atoms with Gasteiger partial charge in [0.2, 0.25) is 0 Å². The first-order valence-electron chi connectivity index (χ1n) is 6.12. The van der Waals surface area contributed by atoms with Crippen LogP contribution in [0.1, 0.15) is 31.3 Å². The Morgan fingerprint density at radius 3 is 2.50 bits per heavy atom. The fourth-order valence-corrected chi connectivity index (χ4v) is 1.69. The number of hydrogen-bond acceptors (Lipinski definition) is 5. The number of nitrogens with zero attached hydrogens (tertiary/aromatic N) is 3. The minimum atomic E-state index is -1.06. The van der Waals surface area contributed by atoms with E-state index >= 15 is 0 Å². The summed E-state index contributed by atoms with van der Waals surface area (Å²) in [6.45, 7) is 9.23. The Bertz CT molecular complexity index is 376. The number of carboxylic acids is 1. The predicted octanol–water partition coefficient (Wildman–Crippen LogP) is 1.32. The van der Waals surface area contributed by atoms with E-state index < -0.39 is 5.97 Å². The molecule has 0 aliphatic carbocycles. The zero-order valence-electron chi connectivity index (χ0n) is 11.1. The van der Waals surface area contributed by atoms with Crippen LogP contribution in [0.3, 0.4) is 0 Å². The molecule has 0 aliphatic rings. The minimum Gasteiger partial charge on any atom is -0.476 e. The van der Waals surface area contributed by atoms with Gasteiger partial charge in [-0.15, -0.1) is 10.2 Å². The van der Waals surface area contributed by atoms with Gasteiger partial charge in [0.15, 0.2) is 5.69 Å². The molecule has 18 heavy (non-hydrogen) atoms. The fourth-order valence-electron chi connectivity index (χ4n) is 1.69. The second-order valence-electron chi connectivity index (χ2n) is 4.14. The molecule has 1 unspecified atom stereocenters. The number of likely N-dealkylation sites (N-methyl/N-ethyl adjacent to an activating group) is 1. The smallest absolute Gasteiger partial charge is 0.356 e. The van der Waals surface area contributed by atoms with Crippen LogP contribution in [0.15, 0.2) is 12.1 Å². The maximum atomic E-state index is 10.6. The average Bonchev–Trinajstić information content (AvgIpc) is 2.36. The second-order valence-corrected chi connectivity index (χ2v) is 4.14. The molecule has 0 saturated carbocycles. The number of rotatable bonds is 7. The highest BCUT2D eigenvalue weighted by Gasteiger charge is 2.09. The van der Waals surface area contributed by atoms with Crippen molar-refractivity contribution in [2.24, 2.45) is 0 Å². The van der Waals surface area contributed by atoms with Crippen LogP contribution in [0.5, 0.6) is 0 Å². The van der Waals surface area contributed by atoms with Gasteiger partial charge in [-0.05, 0) is 32.1 Å². The largest absolute Gasteiger partial charge is 0.476 e. The number of aromatic carboxylic acids is 1. The molecule has 6 heteroatoms. The lowest BCUT2D eigenvalue weighted by Gasteiger charge is -2.23. The van der Waals surface area contributed by atoms with Crippen LogP contribution in [0.25, 0.3) is 0 Å². The summed E-state index contributed by atoms with van der Waals surface area (Å²) in [4.78, 5) is 12.9. The van der Waals surface area contributed by atoms with Gasteiger partial charge < -0.3 is 15.3 Å². The lowest BCUT2D eigenvalue weighted by molar-refractivity contribution is 0.0689. The van der Waals surface area contributed by atoms with Crippen molar-refractivity contribution in [1.29, 1.82) is 0 Å². The highest BCUT2D eigenvalue weighted by atomic mass is 16.4. The average molecular weight is 252 g/mol. The van der Waals surface area contributed by atoms with Gasteiger partial charge in [-0.2, -0.15) is 0 Å². The molecule has 0 bridgehead atoms. The SMILES string of the molecule is CCN(CC)CC(C)Nc1ccc(C(=O)O)nn1. The van der Waals surface area contributed by atoms with Crippen molar-refractivity contribution in [2.45, 2.75) is 26.8 Å². The number of hydrogen-bond donors (Lipinski definition) is 2. The van der Waals surface area contributed by atoms with Gasteiger partial charge in [-0.1, -0.05) is 13.8 Å². The molecule has 1 aromatic heterocycles. The Kier molecular flexibility index (Phi) is 5.51. The summed E-state index contributed by atoms with van der Waals surface area (Å²) in [6.07, 6.45) is 0. The molecule has 1 aromatic rings. The number of carboxylic acid groups (broad SMARTS) is 1. The zero-order valence-corrected chi connectivity index (χ0v) is 11.1. The topological polar surface area (TPSA) is 78.4 Å². The number of nitrogens with one attached hydrogen (secondary N) is 1. The first-order chi connectivity index (χ1) is 8.56. The molecule has 0 saturated heterocycles. The molecule has 0 radical (unpaired) electrons. The van der Waals surface area contributed by atoms with Gasteiger partial charge in [0.05, 0.1) is 0 Å². The molecule has 0 fully saturated rings. The third kappa shape index (κ3) is 4.29. The van der Waals surface area contributed by atoms with E-state index in [1.54, 1.807) is 6.07 Å². The molecular formula is C12H20N4O2. The number of carbonyl (C=O) groups is 1. The summed E-state index contributed by atoms with van der Waals surface area (Å²) in [6, 6.07) is 3.31. The second kappa shape index (κ2) is 6.90. The molecule has 6 nitrogen and oxygen atoms in total. The van der Waals surface area contributed by atoms with Crippen molar-refractivity contribution in [3.8, 4) is 0 Å². The van der Waals surface area contributed by atoms with Crippen LogP contribution in [0.4, 0.5) is 5.82 Å². The monoisotopic (exact) mass is 252 g/mol. The quantitative estimate of drug-likeness (QED) is 0.762. The predicted molar refractivity (Wildman–Crippen MR) is 69.9 cm³/mol. The van der Waals surface area contributed by atoms with Gasteiger partial charge in [-0.25, -0.2) is 4.79 Å². The van der Waals surface area contributed by atoms with Crippen molar-refractivity contribution < 1.29 is 9.90 Å². The van der Waals surface area contributed by atoms with Gasteiger partial charge in [0, 0.05) is 12.6 Å². The summed E-state index contributed by atoms with van der Waals surface area (Å²) < 4.78 is 0. The Balaban J connectivity index is 2.53. The van der Waals surface area contributed by atoms with Gasteiger partial charge in [0.25, 0.3) is 0 Å². The fraction of sp³-hybridized carbons (Fsp3) is 0.583. The van der Waals surface area contributed by atoms with Crippen molar-refractivity contribution in [3.63, 3.8) is 0 Å². The van der Waals surface area contributed by atoms with Crippen LogP contribution in [0.2, 0.25) is 0 Å². The third-order valence-corrected chi connectivity index (χ3v) is 2.70. The molecular weight excluding hydrogens is 232 g/mol. The van der Waals surface area contributed by atoms with Crippen molar-refractivity contribution >= 4 is 11.8 Å². The van der Waals surface area contributed by atoms with E-state index in [9.17, 15) is 4.79 Å². The van der Waals surface area contributed by atoms with Crippen molar-refractivity contribution in [2.75, 3.05) is 25.0 Å². The van der Waals surface area contributed by atoms with E-state index in [0.29, 0.717) is 5.82 Å². The first kappa shape index (κ1) is 14.4. The van der Waals surface area contributed by atoms with E-state index in [4.69, 9.17) is 5.11 Å². The van der Waals surface area contributed by atoms with Crippen molar-refractivity contribution in [3.05, 3.63) is 17.8 Å². The Morgan fingerprint density at radius 2 is 2.06 bits per heavy atom. The van der Waals surface area contributed by atoms with E-state index in [1.807, 2.05) is 0 Å². The van der Waals surface area contributed by atoms with E-state index in [-0.39, 0.29) is 11.7 Å². The summed E-state index contributed by atoms with van der Waals surface area (Å²) in [7, 11) is 0. The molecule has 1 atom stereocenters. The summed E-state index contributed by atoms with van der Waals surface area (Å²) in [5, 5.41) is 19.4. The van der Waals surface area contributed by atoms with E-state index in [1.165, 1.54) is 6.07 Å². The molecule has 100 valence electrons. The summed E-state index contributed by atoms with van der Waals surface area (Å²) in [5.41, 5.74) is -0.0445. The van der Waals surface area contributed by atoms with Crippen LogP contribution in [0, 0.1) is 0 Å². The molecule has 0 amide bonds. The number of aromatic nitrogens is 2. The molecule has 0 aromatic carbocycles. The Hall–Kier alpha value is -1.69. The standard InChI is InChI=1S/C12H20N4O2/c1-4-16(5-2)8-9(3)13-11-7-6-10(12(17)18)14-15-11/h6-7,9H,4-5,8H2,1-3H3,(H,13,15)(H,17,18). The van der Waals surface area contributed by atoms with Gasteiger partial charge >= 0.3 is 5.97 Å². The van der Waals surface area contributed by atoms with Crippen LogP contribution in [-0.2, 0) is 0 Å². The van der Waals surface area contributed by atoms with E-state index in [0.717, 1.165) is 19.6 Å². The molecule has 2 N–H and O–H groups in total. The Morgan fingerprint density at radius 1 is 1.39 bits per heavy atom. The molecule has 0 aliphatic heterocycles. The molecule has 1 rings (SSSR count). The van der Waals surface area contributed by atoms with E-state index in [2.05, 4.69) is 41.2 Å². The highest BCUT2D eigenvalue weighted by molar-refractivity contribution is 5.85. The molecule has 0 spiro atoms. The maximum Gasteiger partial charge on any atom is 0.356 e. The Labute approximate surface area is 107 Å². The van der Waals surface area contributed by atoms with Crippen LogP contribution < -0.4 is 5.32 Å². The van der Waals surface area contributed by atoms with Crippen molar-refractivity contribution in [1.82, 2.24) is 15.1 Å². The summed E-state index contributed by atoms with van der Waals surface area (Å²) in [5.74, 6) is -0.468. The lowest BCUT2D eigenvalue weighted by Crippen LogP contribution is -2.35. The lowest BCUT2D eigenvalue weighted by atomic mass is 10.3.